The highest BCUT2D eigenvalue weighted by atomic mass is 32.2. The Morgan fingerprint density at radius 3 is 2.92 bits per heavy atom. The summed E-state index contributed by atoms with van der Waals surface area (Å²) in [7, 11) is 0. The molecule has 2 aliphatic heterocycles. The molecular weight excluding hydrogens is 340 g/mol. The van der Waals surface area contributed by atoms with Gasteiger partial charge in [-0.2, -0.15) is 0 Å². The smallest absolute Gasteiger partial charge is 0.303 e. The van der Waals surface area contributed by atoms with Gasteiger partial charge in [-0.15, -0.1) is 11.8 Å². The van der Waals surface area contributed by atoms with Crippen molar-refractivity contribution in [2.45, 2.75) is 55.2 Å². The number of aliphatic carboxylic acids is 1. The highest BCUT2D eigenvalue weighted by molar-refractivity contribution is 8.00. The molecule has 134 valence electrons. The van der Waals surface area contributed by atoms with Crippen LogP contribution in [0.3, 0.4) is 0 Å². The van der Waals surface area contributed by atoms with Crippen molar-refractivity contribution < 1.29 is 19.5 Å². The molecule has 2 atom stereocenters. The zero-order valence-electron chi connectivity index (χ0n) is 14.2. The summed E-state index contributed by atoms with van der Waals surface area (Å²) in [6.07, 6.45) is 3.35. The topological polar surface area (TPSA) is 86.7 Å². The van der Waals surface area contributed by atoms with E-state index < -0.39 is 5.97 Å². The maximum Gasteiger partial charge on any atom is 0.303 e. The zero-order valence-corrected chi connectivity index (χ0v) is 15.0. The first kappa shape index (κ1) is 17.8. The Morgan fingerprint density at radius 2 is 2.16 bits per heavy atom. The Kier molecular flexibility index (Phi) is 5.32. The monoisotopic (exact) mass is 362 g/mol. The van der Waals surface area contributed by atoms with Crippen molar-refractivity contribution in [2.24, 2.45) is 0 Å². The van der Waals surface area contributed by atoms with E-state index in [4.69, 9.17) is 5.11 Å². The number of carboxylic acid groups (broad SMARTS) is 1. The van der Waals surface area contributed by atoms with Gasteiger partial charge in [0.2, 0.25) is 5.91 Å². The minimum Gasteiger partial charge on any atom is -0.481 e. The van der Waals surface area contributed by atoms with E-state index in [-0.39, 0.29) is 29.5 Å². The fraction of sp³-hybridized carbons (Fsp3) is 0.500. The Bertz CT molecular complexity index is 706. The van der Waals surface area contributed by atoms with Gasteiger partial charge in [0.05, 0.1) is 10.9 Å². The number of rotatable bonds is 4. The molecule has 3 rings (SSSR count). The van der Waals surface area contributed by atoms with Crippen molar-refractivity contribution in [3.63, 3.8) is 0 Å². The summed E-state index contributed by atoms with van der Waals surface area (Å²) in [4.78, 5) is 38.4. The maximum absolute atomic E-state index is 12.9. The van der Waals surface area contributed by atoms with Gasteiger partial charge >= 0.3 is 5.97 Å². The minimum atomic E-state index is -0.833. The summed E-state index contributed by atoms with van der Waals surface area (Å²) >= 11 is 1.49. The number of carboxylic acids is 1. The number of hydrogen-bond donors (Lipinski definition) is 2. The van der Waals surface area contributed by atoms with Crippen LogP contribution in [-0.4, -0.2) is 45.6 Å². The van der Waals surface area contributed by atoms with Gasteiger partial charge in [0.1, 0.15) is 0 Å². The van der Waals surface area contributed by atoms with E-state index in [1.54, 1.807) is 17.0 Å². The van der Waals surface area contributed by atoms with Crippen LogP contribution >= 0.6 is 11.8 Å². The van der Waals surface area contributed by atoms with Gasteiger partial charge in [0.15, 0.2) is 0 Å². The quantitative estimate of drug-likeness (QED) is 0.860. The third-order valence-electron chi connectivity index (χ3n) is 4.74. The molecule has 1 fully saturated rings. The van der Waals surface area contributed by atoms with Crippen molar-refractivity contribution in [3.05, 3.63) is 23.8 Å². The maximum atomic E-state index is 12.9. The summed E-state index contributed by atoms with van der Waals surface area (Å²) in [5, 5.41) is 11.6. The first-order valence-corrected chi connectivity index (χ1v) is 9.48. The third-order valence-corrected chi connectivity index (χ3v) is 5.91. The molecule has 2 aliphatic rings. The van der Waals surface area contributed by atoms with Gasteiger partial charge in [0.25, 0.3) is 5.91 Å². The number of carbonyl (C=O) groups excluding carboxylic acids is 2. The van der Waals surface area contributed by atoms with Gasteiger partial charge in [-0.1, -0.05) is 0 Å². The summed E-state index contributed by atoms with van der Waals surface area (Å²) < 4.78 is 0. The lowest BCUT2D eigenvalue weighted by molar-refractivity contribution is -0.137. The second kappa shape index (κ2) is 7.47. The lowest BCUT2D eigenvalue weighted by Gasteiger charge is -2.36. The summed E-state index contributed by atoms with van der Waals surface area (Å²) in [6.45, 7) is 2.50. The molecule has 0 aliphatic carbocycles. The fourth-order valence-electron chi connectivity index (χ4n) is 3.37. The van der Waals surface area contributed by atoms with Crippen LogP contribution in [0.4, 0.5) is 5.69 Å². The fourth-order valence-corrected chi connectivity index (χ4v) is 4.30. The van der Waals surface area contributed by atoms with E-state index in [9.17, 15) is 14.4 Å². The first-order valence-electron chi connectivity index (χ1n) is 8.60. The van der Waals surface area contributed by atoms with E-state index >= 15 is 0 Å². The van der Waals surface area contributed by atoms with Crippen LogP contribution in [0.5, 0.6) is 0 Å². The number of piperidine rings is 1. The Labute approximate surface area is 151 Å². The van der Waals surface area contributed by atoms with Crippen LogP contribution in [0, 0.1) is 0 Å². The highest BCUT2D eigenvalue weighted by Gasteiger charge is 2.29. The molecule has 25 heavy (non-hydrogen) atoms. The molecule has 0 aromatic heterocycles. The molecule has 1 aromatic rings. The predicted octanol–water partition coefficient (Wildman–Crippen LogP) is 2.98. The predicted molar refractivity (Wildman–Crippen MR) is 95.9 cm³/mol. The number of amides is 2. The summed E-state index contributed by atoms with van der Waals surface area (Å²) in [6, 6.07) is 5.37. The van der Waals surface area contributed by atoms with Crippen molar-refractivity contribution in [1.29, 1.82) is 0 Å². The van der Waals surface area contributed by atoms with Crippen LogP contribution in [-0.2, 0) is 9.59 Å². The largest absolute Gasteiger partial charge is 0.481 e. The zero-order chi connectivity index (χ0) is 18.0. The van der Waals surface area contributed by atoms with Crippen LogP contribution in [0.25, 0.3) is 0 Å². The number of benzene rings is 1. The molecule has 2 unspecified atom stereocenters. The van der Waals surface area contributed by atoms with E-state index in [0.717, 1.165) is 24.2 Å². The van der Waals surface area contributed by atoms with Gasteiger partial charge < -0.3 is 15.3 Å². The lowest BCUT2D eigenvalue weighted by atomic mass is 9.97. The van der Waals surface area contributed by atoms with Gasteiger partial charge in [0, 0.05) is 29.5 Å². The average Bonchev–Trinajstić information content (AvgIpc) is 2.60. The number of fused-ring (bicyclic) bond motifs is 1. The summed E-state index contributed by atoms with van der Waals surface area (Å²) in [5.41, 5.74) is 1.22. The van der Waals surface area contributed by atoms with Crippen LogP contribution in [0.2, 0.25) is 0 Å². The Balaban J connectivity index is 1.78. The lowest BCUT2D eigenvalue weighted by Crippen LogP contribution is -2.44. The van der Waals surface area contributed by atoms with E-state index in [1.165, 1.54) is 11.8 Å². The number of nitrogens with zero attached hydrogens (tertiary/aromatic N) is 1. The molecule has 0 bridgehead atoms. The normalized spacial score (nSPS) is 22.9. The number of carbonyl (C=O) groups is 3. The first-order chi connectivity index (χ1) is 12.0. The Morgan fingerprint density at radius 1 is 1.36 bits per heavy atom. The number of hydrogen-bond acceptors (Lipinski definition) is 4. The molecule has 2 heterocycles. The molecule has 1 saturated heterocycles. The van der Waals surface area contributed by atoms with E-state index in [0.29, 0.717) is 24.2 Å². The SMILES string of the molecule is CC1Sc2ccc(C(=O)N3CCCCC3CCC(=O)O)cc2NC1=O. The highest BCUT2D eigenvalue weighted by Crippen LogP contribution is 2.36. The third kappa shape index (κ3) is 3.98. The second-order valence-electron chi connectivity index (χ2n) is 6.54. The Hall–Kier alpha value is -2.02. The van der Waals surface area contributed by atoms with Gasteiger partial charge in [-0.3, -0.25) is 14.4 Å². The van der Waals surface area contributed by atoms with Crippen LogP contribution < -0.4 is 5.32 Å². The number of nitrogens with one attached hydrogen (secondary N) is 1. The van der Waals surface area contributed by atoms with Crippen LogP contribution in [0.1, 0.15) is 49.4 Å². The number of anilines is 1. The molecule has 2 N–H and O–H groups in total. The molecular formula is C18H22N2O4S. The summed E-state index contributed by atoms with van der Waals surface area (Å²) in [5.74, 6) is -0.976. The van der Waals surface area contributed by atoms with Gasteiger partial charge in [-0.05, 0) is 50.8 Å². The molecule has 2 amide bonds. The molecule has 0 spiro atoms. The minimum absolute atomic E-state index is 0.0302. The molecule has 0 saturated carbocycles. The van der Waals surface area contributed by atoms with Crippen molar-refractivity contribution >= 4 is 35.2 Å². The second-order valence-corrected chi connectivity index (χ2v) is 7.92. The molecule has 1 aromatic carbocycles. The van der Waals surface area contributed by atoms with Crippen LogP contribution in [0.15, 0.2) is 23.1 Å². The van der Waals surface area contributed by atoms with Crippen molar-refractivity contribution in [2.75, 3.05) is 11.9 Å². The average molecular weight is 362 g/mol. The van der Waals surface area contributed by atoms with E-state index in [1.807, 2.05) is 13.0 Å². The van der Waals surface area contributed by atoms with Crippen molar-refractivity contribution in [1.82, 2.24) is 4.90 Å². The number of thioether (sulfide) groups is 1. The molecule has 6 nitrogen and oxygen atoms in total. The standard InChI is InChI=1S/C18H22N2O4S/c1-11-17(23)19-14-10-12(5-7-15(14)25-11)18(24)20-9-3-2-4-13(20)6-8-16(21)22/h5,7,10-11,13H,2-4,6,8-9H2,1H3,(H,19,23)(H,21,22). The molecule has 7 heteroatoms. The van der Waals surface area contributed by atoms with Crippen molar-refractivity contribution in [3.8, 4) is 0 Å². The van der Waals surface area contributed by atoms with E-state index in [2.05, 4.69) is 5.32 Å². The van der Waals surface area contributed by atoms with Gasteiger partial charge in [-0.25, -0.2) is 0 Å². The number of likely N-dealkylation sites (tertiary alicyclic amines) is 1. The molecule has 0 radical (unpaired) electrons.